The van der Waals surface area contributed by atoms with Gasteiger partial charge in [0.1, 0.15) is 6.04 Å². The molecule has 214 valence electrons. The van der Waals surface area contributed by atoms with Crippen molar-refractivity contribution in [3.63, 3.8) is 0 Å². The maximum atomic E-state index is 12.5. The molecule has 1 N–H and O–H groups in total. The molecule has 3 heterocycles. The highest BCUT2D eigenvalue weighted by Crippen LogP contribution is 2.38. The van der Waals surface area contributed by atoms with Crippen LogP contribution in [0.3, 0.4) is 0 Å². The summed E-state index contributed by atoms with van der Waals surface area (Å²) in [4.78, 5) is 22.1. The number of fused-ring (bicyclic) bond motifs is 1. The molecule has 1 aromatic heterocycles. The summed E-state index contributed by atoms with van der Waals surface area (Å²) in [5.74, 6) is 1.40. The highest BCUT2D eigenvalue weighted by Gasteiger charge is 2.43. The predicted octanol–water partition coefficient (Wildman–Crippen LogP) is 6.28. The van der Waals surface area contributed by atoms with Gasteiger partial charge in [-0.05, 0) is 87.1 Å². The number of aryl methyl sites for hydroxylation is 1. The summed E-state index contributed by atoms with van der Waals surface area (Å²) < 4.78 is 2.30. The number of piperidine rings is 1. The van der Waals surface area contributed by atoms with E-state index in [1.807, 2.05) is 6.33 Å². The number of imidazole rings is 1. The van der Waals surface area contributed by atoms with Gasteiger partial charge in [-0.25, -0.2) is 4.98 Å². The number of carboxylic acids is 1. The van der Waals surface area contributed by atoms with E-state index < -0.39 is 5.97 Å². The number of nitrogens with zero attached hydrogens (tertiary/aromatic N) is 4. The van der Waals surface area contributed by atoms with Gasteiger partial charge in [0, 0.05) is 32.1 Å². The van der Waals surface area contributed by atoms with Crippen LogP contribution in [0.2, 0.25) is 0 Å². The quantitative estimate of drug-likeness (QED) is 0.327. The summed E-state index contributed by atoms with van der Waals surface area (Å²) >= 11 is 0. The minimum Gasteiger partial charge on any atom is -0.480 e. The van der Waals surface area contributed by atoms with E-state index in [-0.39, 0.29) is 6.04 Å². The van der Waals surface area contributed by atoms with Crippen molar-refractivity contribution >= 4 is 17.0 Å². The van der Waals surface area contributed by atoms with Crippen LogP contribution < -0.4 is 0 Å². The molecule has 40 heavy (non-hydrogen) atoms. The van der Waals surface area contributed by atoms with Crippen LogP contribution in [-0.2, 0) is 11.3 Å². The first-order valence-electron chi connectivity index (χ1n) is 15.8. The number of likely N-dealkylation sites (tertiary alicyclic amines) is 2. The Hall–Kier alpha value is -2.70. The zero-order valence-electron chi connectivity index (χ0n) is 23.9. The van der Waals surface area contributed by atoms with Gasteiger partial charge in [0.05, 0.1) is 17.4 Å². The van der Waals surface area contributed by atoms with Crippen LogP contribution in [0.1, 0.15) is 69.3 Å². The monoisotopic (exact) mass is 542 g/mol. The second kappa shape index (κ2) is 12.9. The Bertz CT molecular complexity index is 1230. The molecule has 6 heteroatoms. The van der Waals surface area contributed by atoms with Crippen LogP contribution in [0.5, 0.6) is 0 Å². The smallest absolute Gasteiger partial charge is 0.321 e. The minimum atomic E-state index is -0.608. The molecule has 3 atom stereocenters. The molecule has 3 aliphatic rings. The van der Waals surface area contributed by atoms with E-state index in [9.17, 15) is 9.90 Å². The number of rotatable bonds is 10. The Balaban J connectivity index is 1.04. The zero-order chi connectivity index (χ0) is 27.3. The van der Waals surface area contributed by atoms with Crippen molar-refractivity contribution in [1.29, 1.82) is 0 Å². The van der Waals surface area contributed by atoms with E-state index in [1.165, 1.54) is 69.1 Å². The lowest BCUT2D eigenvalue weighted by Crippen LogP contribution is -2.46. The standard InChI is InChI=1S/C34H46N4O2/c39-34(40)33(28-13-5-2-6-14-28)38-23-29(30(24-38)27-11-3-1-4-12-27)22-36-20-17-26(18-21-36)10-9-19-37-25-35-31-15-7-8-16-32(31)37/h1,3-4,7-8,11-12,15-16,25-26,28-30,33H,2,5-6,9-10,13-14,17-24H2,(H,39,40)/t29?,30-,33-/m1/s1. The molecule has 3 aromatic rings. The Morgan fingerprint density at radius 2 is 1.68 bits per heavy atom. The average molecular weight is 543 g/mol. The van der Waals surface area contributed by atoms with Gasteiger partial charge in [0.15, 0.2) is 0 Å². The second-order valence-corrected chi connectivity index (χ2v) is 12.7. The fourth-order valence-corrected chi connectivity index (χ4v) is 8.03. The van der Waals surface area contributed by atoms with Crippen molar-refractivity contribution in [2.75, 3.05) is 32.7 Å². The fourth-order valence-electron chi connectivity index (χ4n) is 8.03. The van der Waals surface area contributed by atoms with Gasteiger partial charge < -0.3 is 14.6 Å². The molecule has 2 aromatic carbocycles. The Morgan fingerprint density at radius 1 is 0.925 bits per heavy atom. The number of aliphatic carboxylic acids is 1. The van der Waals surface area contributed by atoms with Crippen molar-refractivity contribution in [2.24, 2.45) is 17.8 Å². The van der Waals surface area contributed by atoms with Crippen LogP contribution >= 0.6 is 0 Å². The first-order chi connectivity index (χ1) is 19.7. The second-order valence-electron chi connectivity index (χ2n) is 12.7. The summed E-state index contributed by atoms with van der Waals surface area (Å²) in [6.07, 6.45) is 12.8. The Kier molecular flexibility index (Phi) is 8.83. The Labute approximate surface area is 239 Å². The van der Waals surface area contributed by atoms with Gasteiger partial charge in [-0.3, -0.25) is 9.69 Å². The van der Waals surface area contributed by atoms with Gasteiger partial charge in [-0.2, -0.15) is 0 Å². The van der Waals surface area contributed by atoms with Crippen molar-refractivity contribution < 1.29 is 9.90 Å². The van der Waals surface area contributed by atoms with Crippen LogP contribution in [0.4, 0.5) is 0 Å². The van der Waals surface area contributed by atoms with E-state index in [1.54, 1.807) is 0 Å². The molecular weight excluding hydrogens is 496 g/mol. The molecule has 0 radical (unpaired) electrons. The Morgan fingerprint density at radius 3 is 2.45 bits per heavy atom. The summed E-state index contributed by atoms with van der Waals surface area (Å²) in [7, 11) is 0. The van der Waals surface area contributed by atoms with E-state index in [2.05, 4.69) is 73.9 Å². The van der Waals surface area contributed by atoms with Crippen LogP contribution in [-0.4, -0.2) is 69.2 Å². The van der Waals surface area contributed by atoms with Crippen LogP contribution in [0.25, 0.3) is 11.0 Å². The molecular formula is C34H46N4O2. The molecule has 0 spiro atoms. The molecule has 6 rings (SSSR count). The number of aromatic nitrogens is 2. The molecule has 6 nitrogen and oxygen atoms in total. The minimum absolute atomic E-state index is 0.303. The molecule has 1 saturated carbocycles. The summed E-state index contributed by atoms with van der Waals surface area (Å²) in [5.41, 5.74) is 3.71. The molecule has 0 bridgehead atoms. The molecule has 1 aliphatic carbocycles. The molecule has 3 fully saturated rings. The van der Waals surface area contributed by atoms with Crippen LogP contribution in [0.15, 0.2) is 60.9 Å². The van der Waals surface area contributed by atoms with E-state index in [4.69, 9.17) is 0 Å². The summed E-state index contributed by atoms with van der Waals surface area (Å²) in [6, 6.07) is 19.0. The largest absolute Gasteiger partial charge is 0.480 e. The third-order valence-corrected chi connectivity index (χ3v) is 10.2. The normalized spacial score (nSPS) is 24.5. The predicted molar refractivity (Wildman–Crippen MR) is 160 cm³/mol. The molecule has 0 amide bonds. The van der Waals surface area contributed by atoms with Crippen LogP contribution in [0, 0.1) is 17.8 Å². The number of para-hydroxylation sites is 2. The fraction of sp³-hybridized carbons (Fsp3) is 0.588. The number of hydrogen-bond acceptors (Lipinski definition) is 4. The number of benzene rings is 2. The zero-order valence-corrected chi connectivity index (χ0v) is 23.9. The van der Waals surface area contributed by atoms with Gasteiger partial charge in [0.25, 0.3) is 0 Å². The molecule has 2 aliphatic heterocycles. The topological polar surface area (TPSA) is 61.6 Å². The van der Waals surface area contributed by atoms with Gasteiger partial charge >= 0.3 is 5.97 Å². The van der Waals surface area contributed by atoms with Crippen molar-refractivity contribution in [3.05, 3.63) is 66.5 Å². The van der Waals surface area contributed by atoms with Crippen molar-refractivity contribution in [2.45, 2.75) is 76.3 Å². The first-order valence-corrected chi connectivity index (χ1v) is 15.8. The summed E-state index contributed by atoms with van der Waals surface area (Å²) in [6.45, 7) is 6.25. The maximum Gasteiger partial charge on any atom is 0.321 e. The van der Waals surface area contributed by atoms with Crippen molar-refractivity contribution in [1.82, 2.24) is 19.4 Å². The SMILES string of the molecule is O=C(O)[C@@H](C1CCCCC1)N1CC(CN2CCC(CCCn3cnc4ccccc43)CC2)[C@@H](c2ccccc2)C1. The summed E-state index contributed by atoms with van der Waals surface area (Å²) in [5, 5.41) is 10.3. The first kappa shape index (κ1) is 27.5. The lowest BCUT2D eigenvalue weighted by Gasteiger charge is -2.35. The van der Waals surface area contributed by atoms with Gasteiger partial charge in [-0.1, -0.05) is 61.7 Å². The lowest BCUT2D eigenvalue weighted by molar-refractivity contribution is -0.145. The molecule has 2 saturated heterocycles. The van der Waals surface area contributed by atoms with E-state index >= 15 is 0 Å². The maximum absolute atomic E-state index is 12.5. The molecule has 1 unspecified atom stereocenters. The lowest BCUT2D eigenvalue weighted by atomic mass is 9.83. The van der Waals surface area contributed by atoms with E-state index in [0.29, 0.717) is 17.8 Å². The van der Waals surface area contributed by atoms with Gasteiger partial charge in [0.2, 0.25) is 0 Å². The highest BCUT2D eigenvalue weighted by atomic mass is 16.4. The van der Waals surface area contributed by atoms with E-state index in [0.717, 1.165) is 50.5 Å². The third kappa shape index (κ3) is 6.28. The highest BCUT2D eigenvalue weighted by molar-refractivity contribution is 5.75. The average Bonchev–Trinajstić information content (AvgIpc) is 3.59. The van der Waals surface area contributed by atoms with Gasteiger partial charge in [-0.15, -0.1) is 0 Å². The number of carboxylic acid groups (broad SMARTS) is 1. The third-order valence-electron chi connectivity index (χ3n) is 10.2. The van der Waals surface area contributed by atoms with Crippen molar-refractivity contribution in [3.8, 4) is 0 Å². The number of carbonyl (C=O) groups is 1. The number of hydrogen-bond donors (Lipinski definition) is 1.